The molecule has 0 aliphatic carbocycles. The molecule has 7 heteroatoms. The van der Waals surface area contributed by atoms with Crippen molar-refractivity contribution in [2.75, 3.05) is 13.1 Å². The zero-order valence-corrected chi connectivity index (χ0v) is 13.8. The van der Waals surface area contributed by atoms with E-state index in [9.17, 15) is 19.2 Å². The second-order valence-electron chi connectivity index (χ2n) is 6.02. The molecule has 1 N–H and O–H groups in total. The van der Waals surface area contributed by atoms with Gasteiger partial charge in [0, 0.05) is 17.4 Å². The van der Waals surface area contributed by atoms with Crippen LogP contribution in [0.1, 0.15) is 22.3 Å². The highest BCUT2D eigenvalue weighted by Gasteiger charge is 2.35. The van der Waals surface area contributed by atoms with E-state index in [4.69, 9.17) is 5.26 Å². The topological polar surface area (TPSA) is 97.0 Å². The average molecular weight is 350 g/mol. The maximum atomic E-state index is 13.4. The second kappa shape index (κ2) is 7.20. The van der Waals surface area contributed by atoms with E-state index < -0.39 is 24.0 Å². The lowest BCUT2D eigenvalue weighted by Crippen LogP contribution is -2.42. The molecule has 2 aromatic rings. The molecule has 6 nitrogen and oxygen atoms in total. The normalized spacial score (nSPS) is 19.0. The van der Waals surface area contributed by atoms with Gasteiger partial charge in [-0.25, -0.2) is 4.39 Å². The van der Waals surface area contributed by atoms with E-state index in [0.717, 1.165) is 4.90 Å². The van der Waals surface area contributed by atoms with Crippen LogP contribution in [0.5, 0.6) is 0 Å². The molecule has 26 heavy (non-hydrogen) atoms. The van der Waals surface area contributed by atoms with Crippen molar-refractivity contribution in [2.45, 2.75) is 18.6 Å². The highest BCUT2D eigenvalue weighted by Crippen LogP contribution is 2.22. The average Bonchev–Trinajstić information content (AvgIpc) is 3.05. The smallest absolute Gasteiger partial charge is 0.252 e. The van der Waals surface area contributed by atoms with E-state index in [1.807, 2.05) is 6.07 Å². The van der Waals surface area contributed by atoms with Crippen LogP contribution in [-0.2, 0) is 4.79 Å². The first-order chi connectivity index (χ1) is 12.5. The van der Waals surface area contributed by atoms with E-state index in [1.165, 1.54) is 0 Å². The number of carbonyl (C=O) groups is 2. The van der Waals surface area contributed by atoms with Gasteiger partial charge in [-0.2, -0.15) is 10.5 Å². The van der Waals surface area contributed by atoms with E-state index in [-0.39, 0.29) is 19.5 Å². The minimum atomic E-state index is -1.22. The number of carbonyl (C=O) groups excluding carboxylic acids is 2. The van der Waals surface area contributed by atoms with Gasteiger partial charge < -0.3 is 10.2 Å². The van der Waals surface area contributed by atoms with Gasteiger partial charge in [0.15, 0.2) is 0 Å². The van der Waals surface area contributed by atoms with Crippen molar-refractivity contribution < 1.29 is 14.0 Å². The van der Waals surface area contributed by atoms with Gasteiger partial charge in [-0.3, -0.25) is 9.59 Å². The van der Waals surface area contributed by atoms with Gasteiger partial charge in [-0.1, -0.05) is 24.3 Å². The predicted octanol–water partition coefficient (Wildman–Crippen LogP) is 1.90. The summed E-state index contributed by atoms with van der Waals surface area (Å²) in [6, 6.07) is 13.3. The molecule has 0 aromatic heterocycles. The van der Waals surface area contributed by atoms with Crippen LogP contribution in [0.25, 0.3) is 10.8 Å². The Bertz CT molecular complexity index is 960. The molecular formula is C19H15FN4O2. The Balaban J connectivity index is 1.75. The van der Waals surface area contributed by atoms with Gasteiger partial charge >= 0.3 is 0 Å². The number of nitrogens with zero attached hydrogens (tertiary/aromatic N) is 3. The van der Waals surface area contributed by atoms with E-state index in [2.05, 4.69) is 11.4 Å². The van der Waals surface area contributed by atoms with Crippen molar-refractivity contribution in [3.05, 3.63) is 47.5 Å². The van der Waals surface area contributed by atoms with Crippen LogP contribution in [-0.4, -0.2) is 42.0 Å². The Kier molecular flexibility index (Phi) is 4.81. The molecule has 1 unspecified atom stereocenters. The van der Waals surface area contributed by atoms with Crippen molar-refractivity contribution in [3.8, 4) is 12.1 Å². The monoisotopic (exact) mass is 350 g/mol. The molecule has 1 fully saturated rings. The molecule has 2 amide bonds. The summed E-state index contributed by atoms with van der Waals surface area (Å²) in [5.74, 6) is -0.966. The Morgan fingerprint density at radius 2 is 1.92 bits per heavy atom. The molecule has 0 saturated carbocycles. The van der Waals surface area contributed by atoms with Crippen molar-refractivity contribution in [1.29, 1.82) is 10.5 Å². The number of hydrogen-bond acceptors (Lipinski definition) is 4. The fourth-order valence-corrected chi connectivity index (χ4v) is 3.14. The number of halogens is 1. The molecule has 1 saturated heterocycles. The van der Waals surface area contributed by atoms with Crippen LogP contribution in [0.15, 0.2) is 36.4 Å². The van der Waals surface area contributed by atoms with Crippen molar-refractivity contribution in [2.24, 2.45) is 0 Å². The van der Waals surface area contributed by atoms with Crippen molar-refractivity contribution >= 4 is 22.6 Å². The van der Waals surface area contributed by atoms with Gasteiger partial charge in [0.25, 0.3) is 5.91 Å². The lowest BCUT2D eigenvalue weighted by atomic mass is 10.0. The van der Waals surface area contributed by atoms with Crippen molar-refractivity contribution in [3.63, 3.8) is 0 Å². The first kappa shape index (κ1) is 17.4. The number of likely N-dealkylation sites (tertiary alicyclic amines) is 1. The summed E-state index contributed by atoms with van der Waals surface area (Å²) in [4.78, 5) is 25.9. The van der Waals surface area contributed by atoms with Crippen LogP contribution in [0.3, 0.4) is 0 Å². The summed E-state index contributed by atoms with van der Waals surface area (Å²) >= 11 is 0. The van der Waals surface area contributed by atoms with Crippen molar-refractivity contribution in [1.82, 2.24) is 10.2 Å². The maximum absolute atomic E-state index is 13.4. The molecule has 130 valence electrons. The van der Waals surface area contributed by atoms with Crippen LogP contribution >= 0.6 is 0 Å². The fourth-order valence-electron chi connectivity index (χ4n) is 3.14. The molecule has 0 bridgehead atoms. The van der Waals surface area contributed by atoms with Crippen LogP contribution in [0.2, 0.25) is 0 Å². The zero-order chi connectivity index (χ0) is 18.7. The Morgan fingerprint density at radius 3 is 2.65 bits per heavy atom. The number of fused-ring (bicyclic) bond motifs is 1. The molecule has 3 rings (SSSR count). The van der Waals surface area contributed by atoms with Gasteiger partial charge in [0.2, 0.25) is 5.91 Å². The highest BCUT2D eigenvalue weighted by molar-refractivity contribution is 6.08. The molecule has 2 aromatic carbocycles. The largest absolute Gasteiger partial charge is 0.343 e. The van der Waals surface area contributed by atoms with Crippen LogP contribution in [0.4, 0.5) is 4.39 Å². The number of alkyl halides is 1. The maximum Gasteiger partial charge on any atom is 0.252 e. The standard InChI is InChI=1S/C19H15FN4O2/c20-13-7-14(9-22)24(11-13)18(25)10-23-19(26)17-6-2-4-15-12(8-21)3-1-5-16(15)17/h1-6,13-14H,7,10-11H2,(H,23,26)/t13?,14-/m0/s1. The number of nitriles is 2. The van der Waals surface area contributed by atoms with Gasteiger partial charge in [-0.15, -0.1) is 0 Å². The summed E-state index contributed by atoms with van der Waals surface area (Å²) in [5.41, 5.74) is 0.796. The molecule has 0 spiro atoms. The van der Waals surface area contributed by atoms with Crippen LogP contribution in [0, 0.1) is 22.7 Å². The first-order valence-electron chi connectivity index (χ1n) is 8.08. The minimum Gasteiger partial charge on any atom is -0.343 e. The Morgan fingerprint density at radius 1 is 1.19 bits per heavy atom. The predicted molar refractivity (Wildman–Crippen MR) is 91.6 cm³/mol. The second-order valence-corrected chi connectivity index (χ2v) is 6.02. The van der Waals surface area contributed by atoms with Gasteiger partial charge in [0.1, 0.15) is 12.2 Å². The molecule has 1 aliphatic rings. The summed E-state index contributed by atoms with van der Waals surface area (Å²) in [6.07, 6.45) is -1.22. The quantitative estimate of drug-likeness (QED) is 0.914. The third kappa shape index (κ3) is 3.20. The lowest BCUT2D eigenvalue weighted by molar-refractivity contribution is -0.130. The summed E-state index contributed by atoms with van der Waals surface area (Å²) in [5, 5.41) is 22.0. The SMILES string of the molecule is N#Cc1cccc2c(C(=O)NCC(=O)N3CC(F)C[C@H]3C#N)cccc12. The minimum absolute atomic E-state index is 0.00353. The Hall–Kier alpha value is -3.45. The summed E-state index contributed by atoms with van der Waals surface area (Å²) in [7, 11) is 0. The zero-order valence-electron chi connectivity index (χ0n) is 13.8. The van der Waals surface area contributed by atoms with Crippen LogP contribution < -0.4 is 5.32 Å². The number of nitrogens with one attached hydrogen (secondary N) is 1. The van der Waals surface area contributed by atoms with Gasteiger partial charge in [-0.05, 0) is 17.5 Å². The third-order valence-electron chi connectivity index (χ3n) is 4.41. The molecule has 1 aliphatic heterocycles. The number of rotatable bonds is 3. The van der Waals surface area contributed by atoms with E-state index >= 15 is 0 Å². The first-order valence-corrected chi connectivity index (χ1v) is 8.08. The van der Waals surface area contributed by atoms with E-state index in [0.29, 0.717) is 21.9 Å². The Labute approximate surface area is 149 Å². The third-order valence-corrected chi connectivity index (χ3v) is 4.41. The highest BCUT2D eigenvalue weighted by atomic mass is 19.1. The number of amides is 2. The van der Waals surface area contributed by atoms with E-state index in [1.54, 1.807) is 36.4 Å². The number of hydrogen-bond donors (Lipinski definition) is 1. The fraction of sp³-hybridized carbons (Fsp3) is 0.263. The number of benzene rings is 2. The molecular weight excluding hydrogens is 335 g/mol. The molecule has 0 radical (unpaired) electrons. The summed E-state index contributed by atoms with van der Waals surface area (Å²) in [6.45, 7) is -0.454. The summed E-state index contributed by atoms with van der Waals surface area (Å²) < 4.78 is 13.4. The molecule has 1 heterocycles. The van der Waals surface area contributed by atoms with Gasteiger partial charge in [0.05, 0.1) is 30.8 Å². The lowest BCUT2D eigenvalue weighted by Gasteiger charge is -2.19. The molecule has 2 atom stereocenters.